The fourth-order valence-electron chi connectivity index (χ4n) is 1.35. The van der Waals surface area contributed by atoms with E-state index in [9.17, 15) is 4.79 Å². The molecule has 0 bridgehead atoms. The quantitative estimate of drug-likeness (QED) is 0.768. The number of halogens is 2. The van der Waals surface area contributed by atoms with Gasteiger partial charge in [-0.15, -0.1) is 11.6 Å². The van der Waals surface area contributed by atoms with Gasteiger partial charge in [0.1, 0.15) is 5.38 Å². The van der Waals surface area contributed by atoms with Crippen LogP contribution in [0.1, 0.15) is 29.0 Å². The van der Waals surface area contributed by atoms with Crippen LogP contribution in [0.15, 0.2) is 18.2 Å². The number of carbonyl (C=O) groups excluding carboxylic acids is 1. The van der Waals surface area contributed by atoms with E-state index in [0.717, 1.165) is 22.0 Å². The fourth-order valence-corrected chi connectivity index (χ4v) is 1.80. The average molecular weight is 276 g/mol. The number of hydrogen-bond donors (Lipinski definition) is 0. The minimum atomic E-state index is -0.521. The third kappa shape index (κ3) is 2.82. The molecule has 14 heavy (non-hydrogen) atoms. The summed E-state index contributed by atoms with van der Waals surface area (Å²) in [6.45, 7) is 3.51. The molecule has 0 amide bonds. The predicted octanol–water partition coefficient (Wildman–Crippen LogP) is 3.76. The van der Waals surface area contributed by atoms with Crippen LogP contribution < -0.4 is 0 Å². The Bertz CT molecular complexity index is 349. The number of carbonyl (C=O) groups is 1. The van der Waals surface area contributed by atoms with Gasteiger partial charge in [0.15, 0.2) is 5.78 Å². The summed E-state index contributed by atoms with van der Waals surface area (Å²) in [4.78, 5) is 11.1. The summed E-state index contributed by atoms with van der Waals surface area (Å²) in [5.74, 6) is -0.0159. The number of ketones is 1. The van der Waals surface area contributed by atoms with Crippen molar-refractivity contribution in [2.75, 3.05) is 0 Å². The van der Waals surface area contributed by atoms with Gasteiger partial charge in [-0.1, -0.05) is 39.7 Å². The normalized spacial score (nSPS) is 12.6. The topological polar surface area (TPSA) is 17.1 Å². The molecule has 0 saturated carbocycles. The SMILES string of the molecule is CC(=O)C(Cl)c1cc(C)cc(CBr)c1. The zero-order valence-corrected chi connectivity index (χ0v) is 10.5. The molecule has 1 rings (SSSR count). The van der Waals surface area contributed by atoms with Crippen molar-refractivity contribution in [2.45, 2.75) is 24.6 Å². The van der Waals surface area contributed by atoms with E-state index in [1.165, 1.54) is 6.92 Å². The summed E-state index contributed by atoms with van der Waals surface area (Å²) >= 11 is 9.36. The highest BCUT2D eigenvalue weighted by Crippen LogP contribution is 2.24. The van der Waals surface area contributed by atoms with Crippen LogP contribution in [0.5, 0.6) is 0 Å². The first-order valence-electron chi connectivity index (χ1n) is 4.35. The highest BCUT2D eigenvalue weighted by molar-refractivity contribution is 9.08. The lowest BCUT2D eigenvalue weighted by Gasteiger charge is -2.09. The van der Waals surface area contributed by atoms with Gasteiger partial charge in [-0.25, -0.2) is 0 Å². The van der Waals surface area contributed by atoms with Crippen LogP contribution in [0.2, 0.25) is 0 Å². The smallest absolute Gasteiger partial charge is 0.152 e. The van der Waals surface area contributed by atoms with Gasteiger partial charge in [0, 0.05) is 5.33 Å². The third-order valence-electron chi connectivity index (χ3n) is 1.96. The zero-order chi connectivity index (χ0) is 10.7. The molecular formula is C11H12BrClO. The molecule has 0 heterocycles. The Morgan fingerprint density at radius 2 is 2.14 bits per heavy atom. The van der Waals surface area contributed by atoms with Gasteiger partial charge in [0.05, 0.1) is 0 Å². The molecule has 3 heteroatoms. The maximum atomic E-state index is 11.1. The minimum absolute atomic E-state index is 0.0159. The van der Waals surface area contributed by atoms with Crippen LogP contribution in [-0.2, 0) is 10.1 Å². The lowest BCUT2D eigenvalue weighted by Crippen LogP contribution is -2.02. The molecule has 1 unspecified atom stereocenters. The van der Waals surface area contributed by atoms with Crippen molar-refractivity contribution >= 4 is 33.3 Å². The Morgan fingerprint density at radius 3 is 2.64 bits per heavy atom. The van der Waals surface area contributed by atoms with Gasteiger partial charge < -0.3 is 0 Å². The number of rotatable bonds is 3. The van der Waals surface area contributed by atoms with E-state index in [2.05, 4.69) is 22.0 Å². The van der Waals surface area contributed by atoms with E-state index in [-0.39, 0.29) is 5.78 Å². The lowest BCUT2D eigenvalue weighted by molar-refractivity contribution is -0.116. The third-order valence-corrected chi connectivity index (χ3v) is 3.17. The van der Waals surface area contributed by atoms with Gasteiger partial charge in [-0.05, 0) is 25.0 Å². The first-order chi connectivity index (χ1) is 6.54. The molecule has 1 aromatic rings. The summed E-state index contributed by atoms with van der Waals surface area (Å²) in [5.41, 5.74) is 3.16. The second-order valence-electron chi connectivity index (χ2n) is 3.36. The van der Waals surface area contributed by atoms with Gasteiger partial charge in [0.25, 0.3) is 0 Å². The van der Waals surface area contributed by atoms with E-state index in [1.54, 1.807) is 0 Å². The highest BCUT2D eigenvalue weighted by atomic mass is 79.9. The van der Waals surface area contributed by atoms with Crippen molar-refractivity contribution in [3.8, 4) is 0 Å². The van der Waals surface area contributed by atoms with E-state index in [1.807, 2.05) is 19.1 Å². The molecule has 0 spiro atoms. The fraction of sp³-hybridized carbons (Fsp3) is 0.364. The van der Waals surface area contributed by atoms with E-state index in [4.69, 9.17) is 11.6 Å². The molecule has 0 aliphatic carbocycles. The highest BCUT2D eigenvalue weighted by Gasteiger charge is 2.13. The Kier molecular flexibility index (Phi) is 4.14. The number of hydrogen-bond acceptors (Lipinski definition) is 1. The lowest BCUT2D eigenvalue weighted by atomic mass is 10.0. The second kappa shape index (κ2) is 4.94. The molecule has 0 fully saturated rings. The van der Waals surface area contributed by atoms with E-state index in [0.29, 0.717) is 0 Å². The Hall–Kier alpha value is -0.340. The molecule has 1 nitrogen and oxygen atoms in total. The van der Waals surface area contributed by atoms with Crippen LogP contribution in [0.3, 0.4) is 0 Å². The first kappa shape index (κ1) is 11.7. The number of aryl methyl sites for hydroxylation is 1. The van der Waals surface area contributed by atoms with Crippen LogP contribution in [0.25, 0.3) is 0 Å². The van der Waals surface area contributed by atoms with Crippen molar-refractivity contribution in [2.24, 2.45) is 0 Å². The van der Waals surface area contributed by atoms with Crippen molar-refractivity contribution in [1.29, 1.82) is 0 Å². The van der Waals surface area contributed by atoms with Crippen LogP contribution >= 0.6 is 27.5 Å². The van der Waals surface area contributed by atoms with E-state index < -0.39 is 5.38 Å². The monoisotopic (exact) mass is 274 g/mol. The molecule has 1 atom stereocenters. The molecule has 0 N–H and O–H groups in total. The standard InChI is InChI=1S/C11H12BrClO/c1-7-3-9(6-12)5-10(4-7)11(13)8(2)14/h3-5,11H,6H2,1-2H3. The van der Waals surface area contributed by atoms with Gasteiger partial charge in [-0.2, -0.15) is 0 Å². The predicted molar refractivity (Wildman–Crippen MR) is 63.1 cm³/mol. The van der Waals surface area contributed by atoms with Gasteiger partial charge >= 0.3 is 0 Å². The first-order valence-corrected chi connectivity index (χ1v) is 5.91. The number of alkyl halides is 2. The summed E-state index contributed by atoms with van der Waals surface area (Å²) in [5, 5.41) is 0.260. The van der Waals surface area contributed by atoms with Crippen molar-refractivity contribution in [3.05, 3.63) is 34.9 Å². The van der Waals surface area contributed by atoms with Gasteiger partial charge in [0.2, 0.25) is 0 Å². The summed E-state index contributed by atoms with van der Waals surface area (Å²) in [6.07, 6.45) is 0. The molecule has 0 radical (unpaired) electrons. The summed E-state index contributed by atoms with van der Waals surface area (Å²) in [6, 6.07) is 5.98. The maximum Gasteiger partial charge on any atom is 0.152 e. The zero-order valence-electron chi connectivity index (χ0n) is 8.18. The van der Waals surface area contributed by atoms with Crippen LogP contribution in [-0.4, -0.2) is 5.78 Å². The molecular weight excluding hydrogens is 263 g/mol. The summed E-state index contributed by atoms with van der Waals surface area (Å²) in [7, 11) is 0. The Labute approximate surface area is 97.6 Å². The van der Waals surface area contributed by atoms with Crippen LogP contribution in [0, 0.1) is 6.92 Å². The van der Waals surface area contributed by atoms with E-state index >= 15 is 0 Å². The number of benzene rings is 1. The Balaban J connectivity index is 3.08. The minimum Gasteiger partial charge on any atom is -0.298 e. The molecule has 0 aliphatic rings. The number of Topliss-reactive ketones (excluding diaryl/α,β-unsaturated/α-hetero) is 1. The molecule has 1 aromatic carbocycles. The van der Waals surface area contributed by atoms with Crippen LogP contribution in [0.4, 0.5) is 0 Å². The van der Waals surface area contributed by atoms with Crippen molar-refractivity contribution in [3.63, 3.8) is 0 Å². The molecule has 0 saturated heterocycles. The molecule has 0 aliphatic heterocycles. The molecule has 0 aromatic heterocycles. The summed E-state index contributed by atoms with van der Waals surface area (Å²) < 4.78 is 0. The average Bonchev–Trinajstić information content (AvgIpc) is 2.15. The van der Waals surface area contributed by atoms with Crippen molar-refractivity contribution < 1.29 is 4.79 Å². The molecule has 76 valence electrons. The largest absolute Gasteiger partial charge is 0.298 e. The second-order valence-corrected chi connectivity index (χ2v) is 4.36. The van der Waals surface area contributed by atoms with Crippen molar-refractivity contribution in [1.82, 2.24) is 0 Å². The Morgan fingerprint density at radius 1 is 1.50 bits per heavy atom. The van der Waals surface area contributed by atoms with Gasteiger partial charge in [-0.3, -0.25) is 4.79 Å². The maximum absolute atomic E-state index is 11.1.